The van der Waals surface area contributed by atoms with Crippen LogP contribution in [0.25, 0.3) is 6.08 Å². The molecule has 3 heteroatoms. The molecule has 0 fully saturated rings. The van der Waals surface area contributed by atoms with Crippen LogP contribution in [0.15, 0.2) is 30.5 Å². The van der Waals surface area contributed by atoms with Crippen molar-refractivity contribution < 1.29 is 0 Å². The summed E-state index contributed by atoms with van der Waals surface area (Å²) in [5.41, 5.74) is 2.21. The second kappa shape index (κ2) is 12.1. The Morgan fingerprint density at radius 2 is 2.00 bits per heavy atom. The lowest BCUT2D eigenvalue weighted by Crippen LogP contribution is -2.20. The molecule has 0 aliphatic heterocycles. The van der Waals surface area contributed by atoms with Gasteiger partial charge in [0.05, 0.1) is 5.69 Å². The lowest BCUT2D eigenvalue weighted by molar-refractivity contribution is 0.301. The van der Waals surface area contributed by atoms with E-state index in [1.165, 1.54) is 37.7 Å². The normalized spacial score (nSPS) is 15.9. The van der Waals surface area contributed by atoms with Crippen molar-refractivity contribution in [2.24, 2.45) is 17.8 Å². The molecule has 3 unspecified atom stereocenters. The van der Waals surface area contributed by atoms with Gasteiger partial charge >= 0.3 is 0 Å². The van der Waals surface area contributed by atoms with Crippen LogP contribution in [0.2, 0.25) is 0 Å². The van der Waals surface area contributed by atoms with Gasteiger partial charge in [-0.1, -0.05) is 53.2 Å². The molecular formula is C21H37N3. The number of rotatable bonds is 13. The monoisotopic (exact) mass is 331 g/mol. The van der Waals surface area contributed by atoms with Crippen molar-refractivity contribution in [3.05, 3.63) is 36.2 Å². The third-order valence-corrected chi connectivity index (χ3v) is 5.01. The fraction of sp³-hybridized carbons (Fsp3) is 0.667. The maximum absolute atomic E-state index is 3.97. The van der Waals surface area contributed by atoms with E-state index in [1.807, 2.05) is 12.1 Å². The van der Waals surface area contributed by atoms with E-state index in [0.29, 0.717) is 0 Å². The van der Waals surface area contributed by atoms with Gasteiger partial charge in [-0.2, -0.15) is 5.10 Å². The van der Waals surface area contributed by atoms with Crippen molar-refractivity contribution in [1.29, 1.82) is 0 Å². The summed E-state index contributed by atoms with van der Waals surface area (Å²) in [5, 5.41) is 10.5. The molecule has 136 valence electrons. The molecular weight excluding hydrogens is 294 g/mol. The largest absolute Gasteiger partial charge is 0.313 e. The summed E-state index contributed by atoms with van der Waals surface area (Å²) < 4.78 is 0. The maximum atomic E-state index is 3.97. The third kappa shape index (κ3) is 8.49. The zero-order valence-electron chi connectivity index (χ0n) is 16.1. The van der Waals surface area contributed by atoms with Crippen molar-refractivity contribution in [2.75, 3.05) is 13.1 Å². The highest BCUT2D eigenvalue weighted by Gasteiger charge is 2.14. The molecule has 0 amide bonds. The molecule has 0 saturated carbocycles. The Hall–Kier alpha value is -1.35. The minimum atomic E-state index is 0.787. The van der Waals surface area contributed by atoms with E-state index < -0.39 is 0 Å². The van der Waals surface area contributed by atoms with Crippen LogP contribution in [0.5, 0.6) is 0 Å². The smallest absolute Gasteiger partial charge is 0.0581 e. The van der Waals surface area contributed by atoms with Crippen molar-refractivity contribution >= 4 is 6.08 Å². The van der Waals surface area contributed by atoms with Crippen molar-refractivity contribution in [2.45, 2.75) is 59.8 Å². The van der Waals surface area contributed by atoms with Crippen molar-refractivity contribution in [3.8, 4) is 0 Å². The second-order valence-corrected chi connectivity index (χ2v) is 7.27. The van der Waals surface area contributed by atoms with Crippen molar-refractivity contribution in [3.63, 3.8) is 0 Å². The summed E-state index contributed by atoms with van der Waals surface area (Å²) in [6, 6.07) is 1.97. The molecule has 24 heavy (non-hydrogen) atoms. The molecule has 0 radical (unpaired) electrons. The summed E-state index contributed by atoms with van der Waals surface area (Å²) in [4.78, 5) is 0. The first-order valence-electron chi connectivity index (χ1n) is 9.62. The van der Waals surface area contributed by atoms with Crippen LogP contribution in [0.3, 0.4) is 0 Å². The molecule has 0 spiro atoms. The Bertz CT molecular complexity index is 461. The van der Waals surface area contributed by atoms with E-state index in [9.17, 15) is 0 Å². The maximum Gasteiger partial charge on any atom is 0.0581 e. The first-order valence-corrected chi connectivity index (χ1v) is 9.62. The Labute approximate surface area is 149 Å². The van der Waals surface area contributed by atoms with E-state index in [4.69, 9.17) is 0 Å². The fourth-order valence-electron chi connectivity index (χ4n) is 3.16. The second-order valence-electron chi connectivity index (χ2n) is 7.27. The van der Waals surface area contributed by atoms with E-state index in [2.05, 4.69) is 55.9 Å². The van der Waals surface area contributed by atoms with Gasteiger partial charge in [0.25, 0.3) is 0 Å². The van der Waals surface area contributed by atoms with Crippen molar-refractivity contribution in [1.82, 2.24) is 15.5 Å². The summed E-state index contributed by atoms with van der Waals surface area (Å²) >= 11 is 0. The number of aromatic amines is 1. The van der Waals surface area contributed by atoms with Crippen LogP contribution in [-0.2, 0) is 0 Å². The summed E-state index contributed by atoms with van der Waals surface area (Å²) in [7, 11) is 0. The lowest BCUT2D eigenvalue weighted by atomic mass is 9.84. The standard InChI is InChI=1S/C21H37N3/c1-6-17(4)13-19(7-2)14-18(5)9-11-22-16-20(8-3)15-21-10-12-23-24-21/h8,10,12,15,17-19,22H,3,6-7,9,11,13-14,16H2,1-2,4-5H3,(H,23,24). The highest BCUT2D eigenvalue weighted by Crippen LogP contribution is 2.25. The molecule has 0 saturated heterocycles. The summed E-state index contributed by atoms with van der Waals surface area (Å²) in [6.07, 6.45) is 12.4. The van der Waals surface area contributed by atoms with E-state index in [0.717, 1.165) is 36.5 Å². The highest BCUT2D eigenvalue weighted by molar-refractivity contribution is 5.52. The van der Waals surface area contributed by atoms with Gasteiger partial charge in [-0.3, -0.25) is 5.10 Å². The number of aromatic nitrogens is 2. The van der Waals surface area contributed by atoms with Crippen LogP contribution in [0.1, 0.15) is 65.5 Å². The Morgan fingerprint density at radius 3 is 2.58 bits per heavy atom. The Kier molecular flexibility index (Phi) is 10.4. The third-order valence-electron chi connectivity index (χ3n) is 5.01. The van der Waals surface area contributed by atoms with Gasteiger partial charge in [0.15, 0.2) is 0 Å². The minimum absolute atomic E-state index is 0.787. The van der Waals surface area contributed by atoms with E-state index in [-0.39, 0.29) is 0 Å². The molecule has 0 bridgehead atoms. The fourth-order valence-corrected chi connectivity index (χ4v) is 3.16. The SMILES string of the molecule is C=CC(=Cc1ccn[nH]1)CNCCC(C)CC(CC)CC(C)CC. The van der Waals surface area contributed by atoms with Crippen LogP contribution in [0.4, 0.5) is 0 Å². The highest BCUT2D eigenvalue weighted by atomic mass is 15.1. The average Bonchev–Trinajstić information content (AvgIpc) is 3.09. The van der Waals surface area contributed by atoms with Gasteiger partial charge in [0.1, 0.15) is 0 Å². The van der Waals surface area contributed by atoms with E-state index in [1.54, 1.807) is 6.20 Å². The molecule has 0 aliphatic rings. The number of hydrogen-bond acceptors (Lipinski definition) is 2. The topological polar surface area (TPSA) is 40.7 Å². The molecule has 1 aromatic rings. The number of hydrogen-bond donors (Lipinski definition) is 2. The zero-order valence-corrected chi connectivity index (χ0v) is 16.1. The first-order chi connectivity index (χ1) is 11.6. The average molecular weight is 332 g/mol. The molecule has 0 aromatic carbocycles. The molecule has 1 rings (SSSR count). The molecule has 3 nitrogen and oxygen atoms in total. The quantitative estimate of drug-likeness (QED) is 0.373. The van der Waals surface area contributed by atoms with Crippen LogP contribution >= 0.6 is 0 Å². The van der Waals surface area contributed by atoms with Gasteiger partial charge in [0, 0.05) is 12.7 Å². The Morgan fingerprint density at radius 1 is 1.25 bits per heavy atom. The number of nitrogens with zero attached hydrogens (tertiary/aromatic N) is 1. The molecule has 1 aromatic heterocycles. The van der Waals surface area contributed by atoms with Crippen LogP contribution in [0, 0.1) is 17.8 Å². The van der Waals surface area contributed by atoms with Gasteiger partial charge in [-0.25, -0.2) is 0 Å². The molecule has 0 aliphatic carbocycles. The lowest BCUT2D eigenvalue weighted by Gasteiger charge is -2.22. The van der Waals surface area contributed by atoms with E-state index >= 15 is 0 Å². The molecule has 1 heterocycles. The Balaban J connectivity index is 2.26. The zero-order chi connectivity index (χ0) is 17.8. The molecule has 2 N–H and O–H groups in total. The number of H-pyrrole nitrogens is 1. The predicted octanol–water partition coefficient (Wildman–Crippen LogP) is 5.45. The van der Waals surface area contributed by atoms with Gasteiger partial charge in [0.2, 0.25) is 0 Å². The molecule has 3 atom stereocenters. The summed E-state index contributed by atoms with van der Waals surface area (Å²) in [6.45, 7) is 15.3. The van der Waals surface area contributed by atoms with Gasteiger partial charge in [-0.05, 0) is 61.3 Å². The summed E-state index contributed by atoms with van der Waals surface area (Å²) in [5.74, 6) is 2.54. The van der Waals surface area contributed by atoms with Gasteiger partial charge < -0.3 is 5.32 Å². The van der Waals surface area contributed by atoms with Gasteiger partial charge in [-0.15, -0.1) is 0 Å². The first kappa shape index (κ1) is 20.7. The van der Waals surface area contributed by atoms with Crippen LogP contribution < -0.4 is 5.32 Å². The minimum Gasteiger partial charge on any atom is -0.313 e. The predicted molar refractivity (Wildman–Crippen MR) is 106 cm³/mol. The van der Waals surface area contributed by atoms with Crippen LogP contribution in [-0.4, -0.2) is 23.3 Å². The number of nitrogens with one attached hydrogen (secondary N) is 2.